The van der Waals surface area contributed by atoms with Crippen molar-refractivity contribution in [3.8, 4) is 11.4 Å². The zero-order valence-corrected chi connectivity index (χ0v) is 13.5. The van der Waals surface area contributed by atoms with Gasteiger partial charge in [0.2, 0.25) is 5.28 Å². The smallest absolute Gasteiger partial charge is 0.352 e. The molecule has 22 heavy (non-hydrogen) atoms. The number of nitrogens with zero attached hydrogens (tertiary/aromatic N) is 3. The van der Waals surface area contributed by atoms with E-state index in [1.807, 2.05) is 13.8 Å². The fourth-order valence-corrected chi connectivity index (χ4v) is 2.66. The van der Waals surface area contributed by atoms with E-state index in [1.165, 1.54) is 10.6 Å². The van der Waals surface area contributed by atoms with Crippen LogP contribution in [0.5, 0.6) is 5.75 Å². The first-order chi connectivity index (χ1) is 10.4. The predicted molar refractivity (Wildman–Crippen MR) is 81.8 cm³/mol. The minimum atomic E-state index is -0.666. The Kier molecular flexibility index (Phi) is 3.91. The van der Waals surface area contributed by atoms with Crippen LogP contribution in [0, 0.1) is 5.82 Å². The van der Waals surface area contributed by atoms with Gasteiger partial charge in [-0.25, -0.2) is 9.18 Å². The highest BCUT2D eigenvalue weighted by atomic mass is 35.5. The predicted octanol–water partition coefficient (Wildman–Crippen LogP) is 3.60. The molecule has 8 heteroatoms. The Bertz CT molecular complexity index is 781. The standard InChI is InChI=1S/C14H14Cl2FN3O2/c1-7(2)22-12-6-11(10(17)5-9(12)15)20-14(21)19(8-3-4-8)13(16)18-20/h5-8H,3-4H2,1-2H3. The van der Waals surface area contributed by atoms with Crippen molar-refractivity contribution in [2.45, 2.75) is 38.8 Å². The van der Waals surface area contributed by atoms with Crippen molar-refractivity contribution in [1.29, 1.82) is 0 Å². The quantitative estimate of drug-likeness (QED) is 0.850. The molecule has 0 amide bonds. The van der Waals surface area contributed by atoms with E-state index in [4.69, 9.17) is 27.9 Å². The molecule has 5 nitrogen and oxygen atoms in total. The van der Waals surface area contributed by atoms with Crippen molar-refractivity contribution in [2.24, 2.45) is 0 Å². The van der Waals surface area contributed by atoms with Crippen LogP contribution in [0.1, 0.15) is 32.7 Å². The fraction of sp³-hybridized carbons (Fsp3) is 0.429. The second kappa shape index (κ2) is 5.59. The molecule has 1 aromatic heterocycles. The maximum atomic E-state index is 14.2. The number of hydrogen-bond acceptors (Lipinski definition) is 3. The highest BCUT2D eigenvalue weighted by Crippen LogP contribution is 2.36. The van der Waals surface area contributed by atoms with E-state index in [-0.39, 0.29) is 33.9 Å². The molecule has 0 saturated heterocycles. The number of hydrogen-bond donors (Lipinski definition) is 0. The summed E-state index contributed by atoms with van der Waals surface area (Å²) in [7, 11) is 0. The SMILES string of the molecule is CC(C)Oc1cc(-n2nc(Cl)n(C3CC3)c2=O)c(F)cc1Cl. The number of rotatable bonds is 4. The monoisotopic (exact) mass is 345 g/mol. The van der Waals surface area contributed by atoms with E-state index in [2.05, 4.69) is 5.10 Å². The third-order valence-electron chi connectivity index (χ3n) is 3.27. The van der Waals surface area contributed by atoms with Gasteiger partial charge in [0.15, 0.2) is 5.82 Å². The van der Waals surface area contributed by atoms with Crippen LogP contribution < -0.4 is 10.4 Å². The average Bonchev–Trinajstić information content (AvgIpc) is 3.19. The first kappa shape index (κ1) is 15.4. The number of benzene rings is 1. The maximum absolute atomic E-state index is 14.2. The lowest BCUT2D eigenvalue weighted by molar-refractivity contribution is 0.242. The Morgan fingerprint density at radius 2 is 2.05 bits per heavy atom. The van der Waals surface area contributed by atoms with Crippen molar-refractivity contribution in [3.05, 3.63) is 38.7 Å². The molecular formula is C14H14Cl2FN3O2. The van der Waals surface area contributed by atoms with E-state index in [0.717, 1.165) is 23.6 Å². The molecule has 1 aliphatic rings. The normalized spacial score (nSPS) is 14.6. The van der Waals surface area contributed by atoms with Crippen LogP contribution in [-0.2, 0) is 0 Å². The zero-order chi connectivity index (χ0) is 16.0. The van der Waals surface area contributed by atoms with Gasteiger partial charge in [-0.3, -0.25) is 4.57 Å². The Balaban J connectivity index is 2.12. The van der Waals surface area contributed by atoms with Crippen molar-refractivity contribution in [3.63, 3.8) is 0 Å². The molecule has 0 N–H and O–H groups in total. The molecule has 0 radical (unpaired) electrons. The van der Waals surface area contributed by atoms with Crippen LogP contribution >= 0.6 is 23.2 Å². The molecule has 2 aromatic rings. The number of halogens is 3. The molecule has 0 bridgehead atoms. The summed E-state index contributed by atoms with van der Waals surface area (Å²) in [4.78, 5) is 12.4. The van der Waals surface area contributed by atoms with Crippen LogP contribution in [0.15, 0.2) is 16.9 Å². The lowest BCUT2D eigenvalue weighted by atomic mass is 10.3. The average molecular weight is 346 g/mol. The summed E-state index contributed by atoms with van der Waals surface area (Å²) in [6.07, 6.45) is 1.60. The molecule has 3 rings (SSSR count). The van der Waals surface area contributed by atoms with Gasteiger partial charge in [-0.05, 0) is 44.4 Å². The lowest BCUT2D eigenvalue weighted by Gasteiger charge is -2.13. The molecule has 1 aliphatic carbocycles. The van der Waals surface area contributed by atoms with Gasteiger partial charge in [0, 0.05) is 12.1 Å². The first-order valence-corrected chi connectivity index (χ1v) is 7.67. The van der Waals surface area contributed by atoms with Crippen molar-refractivity contribution >= 4 is 23.2 Å². The van der Waals surface area contributed by atoms with E-state index in [1.54, 1.807) is 0 Å². The summed E-state index contributed by atoms with van der Waals surface area (Å²) in [5.41, 5.74) is -0.504. The molecule has 0 unspecified atom stereocenters. The number of ether oxygens (including phenoxy) is 1. The van der Waals surface area contributed by atoms with Gasteiger partial charge in [-0.2, -0.15) is 4.68 Å². The van der Waals surface area contributed by atoms with Gasteiger partial charge >= 0.3 is 5.69 Å². The van der Waals surface area contributed by atoms with Crippen LogP contribution in [0.4, 0.5) is 4.39 Å². The van der Waals surface area contributed by atoms with Crippen LogP contribution in [0.25, 0.3) is 5.69 Å². The summed E-state index contributed by atoms with van der Waals surface area (Å²) >= 11 is 12.0. The highest BCUT2D eigenvalue weighted by Gasteiger charge is 2.30. The highest BCUT2D eigenvalue weighted by molar-refractivity contribution is 6.32. The minimum absolute atomic E-state index is 0.0358. The van der Waals surface area contributed by atoms with E-state index in [9.17, 15) is 9.18 Å². The molecular weight excluding hydrogens is 332 g/mol. The summed E-state index contributed by atoms with van der Waals surface area (Å²) in [5.74, 6) is -0.377. The molecule has 0 atom stereocenters. The first-order valence-electron chi connectivity index (χ1n) is 6.91. The second-order valence-corrected chi connectivity index (χ2v) is 6.21. The van der Waals surface area contributed by atoms with Gasteiger partial charge < -0.3 is 4.74 Å². The van der Waals surface area contributed by atoms with Gasteiger partial charge in [0.05, 0.1) is 11.1 Å². The fourth-order valence-electron chi connectivity index (χ4n) is 2.18. The summed E-state index contributed by atoms with van der Waals surface area (Å²) in [6, 6.07) is 2.51. The third kappa shape index (κ3) is 2.73. The molecule has 1 fully saturated rings. The van der Waals surface area contributed by atoms with Gasteiger partial charge in [-0.15, -0.1) is 5.10 Å². The lowest BCUT2D eigenvalue weighted by Crippen LogP contribution is -2.24. The summed E-state index contributed by atoms with van der Waals surface area (Å²) < 4.78 is 22.0. The van der Waals surface area contributed by atoms with Crippen LogP contribution in [0.3, 0.4) is 0 Å². The maximum Gasteiger partial charge on any atom is 0.352 e. The van der Waals surface area contributed by atoms with Crippen molar-refractivity contribution in [1.82, 2.24) is 14.3 Å². The minimum Gasteiger partial charge on any atom is -0.489 e. The Morgan fingerprint density at radius 1 is 1.36 bits per heavy atom. The second-order valence-electron chi connectivity index (χ2n) is 5.47. The molecule has 1 saturated carbocycles. The topological polar surface area (TPSA) is 49.0 Å². The van der Waals surface area contributed by atoms with E-state index >= 15 is 0 Å². The van der Waals surface area contributed by atoms with Crippen molar-refractivity contribution in [2.75, 3.05) is 0 Å². The van der Waals surface area contributed by atoms with Gasteiger partial charge in [0.1, 0.15) is 11.4 Å². The molecule has 118 valence electrons. The van der Waals surface area contributed by atoms with E-state index in [0.29, 0.717) is 0 Å². The largest absolute Gasteiger partial charge is 0.489 e. The molecule has 1 heterocycles. The summed E-state index contributed by atoms with van der Waals surface area (Å²) in [6.45, 7) is 3.65. The van der Waals surface area contributed by atoms with Crippen LogP contribution in [0.2, 0.25) is 10.3 Å². The third-order valence-corrected chi connectivity index (χ3v) is 3.83. The van der Waals surface area contributed by atoms with Crippen LogP contribution in [-0.4, -0.2) is 20.5 Å². The van der Waals surface area contributed by atoms with E-state index < -0.39 is 11.5 Å². The number of aromatic nitrogens is 3. The van der Waals surface area contributed by atoms with Gasteiger partial charge in [0.25, 0.3) is 0 Å². The van der Waals surface area contributed by atoms with Gasteiger partial charge in [-0.1, -0.05) is 11.6 Å². The Hall–Kier alpha value is -1.53. The molecule has 1 aromatic carbocycles. The molecule has 0 aliphatic heterocycles. The molecule has 0 spiro atoms. The Labute approximate surface area is 136 Å². The summed E-state index contributed by atoms with van der Waals surface area (Å²) in [5, 5.41) is 4.13. The zero-order valence-electron chi connectivity index (χ0n) is 12.0. The van der Waals surface area contributed by atoms with Crippen molar-refractivity contribution < 1.29 is 9.13 Å². The Morgan fingerprint density at radius 3 is 2.64 bits per heavy atom.